The van der Waals surface area contributed by atoms with Crippen LogP contribution in [-0.4, -0.2) is 22.6 Å². The SMILES string of the molecule is CCc1ccccc1NC(=O)C/C(C)=N\NC(=O)c1cc(Cl)ccc1O. The predicted molar refractivity (Wildman–Crippen MR) is 103 cm³/mol. The Labute approximate surface area is 156 Å². The third-order valence-corrected chi connectivity index (χ3v) is 3.88. The van der Waals surface area contributed by atoms with Gasteiger partial charge >= 0.3 is 0 Å². The Morgan fingerprint density at radius 2 is 1.92 bits per heavy atom. The van der Waals surface area contributed by atoms with E-state index in [1.54, 1.807) is 6.92 Å². The number of aryl methyl sites for hydroxylation is 1. The normalized spacial score (nSPS) is 11.1. The molecule has 2 rings (SSSR count). The highest BCUT2D eigenvalue weighted by Crippen LogP contribution is 2.21. The number of amides is 2. The molecule has 0 saturated carbocycles. The van der Waals surface area contributed by atoms with Gasteiger partial charge in [0.15, 0.2) is 0 Å². The summed E-state index contributed by atoms with van der Waals surface area (Å²) in [6.45, 7) is 3.64. The first-order valence-electron chi connectivity index (χ1n) is 8.10. The maximum atomic E-state index is 12.1. The summed E-state index contributed by atoms with van der Waals surface area (Å²) in [7, 11) is 0. The van der Waals surface area contributed by atoms with Gasteiger partial charge in [-0.3, -0.25) is 9.59 Å². The molecule has 0 aliphatic heterocycles. The summed E-state index contributed by atoms with van der Waals surface area (Å²) in [4.78, 5) is 24.2. The zero-order valence-electron chi connectivity index (χ0n) is 14.5. The van der Waals surface area contributed by atoms with Crippen LogP contribution >= 0.6 is 11.6 Å². The van der Waals surface area contributed by atoms with Gasteiger partial charge in [-0.05, 0) is 43.2 Å². The van der Waals surface area contributed by atoms with Crippen molar-refractivity contribution in [2.75, 3.05) is 5.32 Å². The van der Waals surface area contributed by atoms with Gasteiger partial charge in [0, 0.05) is 16.4 Å². The number of carbonyl (C=O) groups excluding carboxylic acids is 2. The Hall–Kier alpha value is -2.86. The van der Waals surface area contributed by atoms with Crippen LogP contribution in [-0.2, 0) is 11.2 Å². The molecule has 0 fully saturated rings. The van der Waals surface area contributed by atoms with Crippen molar-refractivity contribution in [2.45, 2.75) is 26.7 Å². The minimum Gasteiger partial charge on any atom is -0.507 e. The molecule has 0 atom stereocenters. The highest BCUT2D eigenvalue weighted by molar-refractivity contribution is 6.31. The summed E-state index contributed by atoms with van der Waals surface area (Å²) in [5.74, 6) is -1.04. The van der Waals surface area contributed by atoms with Gasteiger partial charge in [-0.2, -0.15) is 5.10 Å². The van der Waals surface area contributed by atoms with E-state index in [1.807, 2.05) is 31.2 Å². The van der Waals surface area contributed by atoms with Crippen LogP contribution in [0.5, 0.6) is 5.75 Å². The second-order valence-corrected chi connectivity index (χ2v) is 6.12. The lowest BCUT2D eigenvalue weighted by Gasteiger charge is -2.09. The smallest absolute Gasteiger partial charge is 0.275 e. The Morgan fingerprint density at radius 3 is 2.65 bits per heavy atom. The molecule has 0 aromatic heterocycles. The molecule has 3 N–H and O–H groups in total. The number of hydrogen-bond donors (Lipinski definition) is 3. The van der Waals surface area contributed by atoms with Gasteiger partial charge in [0.05, 0.1) is 12.0 Å². The zero-order chi connectivity index (χ0) is 19.1. The maximum Gasteiger partial charge on any atom is 0.275 e. The molecule has 2 aromatic carbocycles. The minimum absolute atomic E-state index is 0.00961. The van der Waals surface area contributed by atoms with Gasteiger partial charge in [-0.15, -0.1) is 0 Å². The molecule has 0 saturated heterocycles. The summed E-state index contributed by atoms with van der Waals surface area (Å²) in [5, 5.41) is 16.8. The molecule has 2 aromatic rings. The number of aromatic hydroxyl groups is 1. The van der Waals surface area contributed by atoms with Crippen LogP contribution < -0.4 is 10.7 Å². The number of anilines is 1. The maximum absolute atomic E-state index is 12.1. The molecule has 26 heavy (non-hydrogen) atoms. The van der Waals surface area contributed by atoms with Crippen molar-refractivity contribution in [1.29, 1.82) is 0 Å². The number of benzene rings is 2. The molecule has 2 amide bonds. The van der Waals surface area contributed by atoms with Crippen molar-refractivity contribution >= 4 is 34.8 Å². The van der Waals surface area contributed by atoms with Crippen molar-refractivity contribution in [3.63, 3.8) is 0 Å². The summed E-state index contributed by atoms with van der Waals surface area (Å²) in [5.41, 5.74) is 4.55. The van der Waals surface area contributed by atoms with E-state index in [4.69, 9.17) is 11.6 Å². The van der Waals surface area contributed by atoms with Gasteiger partial charge in [-0.25, -0.2) is 5.43 Å². The predicted octanol–water partition coefficient (Wildman–Crippen LogP) is 3.74. The monoisotopic (exact) mass is 373 g/mol. The van der Waals surface area contributed by atoms with E-state index in [-0.39, 0.29) is 23.6 Å². The minimum atomic E-state index is -0.610. The van der Waals surface area contributed by atoms with E-state index >= 15 is 0 Å². The Kier molecular flexibility index (Phi) is 6.74. The third kappa shape index (κ3) is 5.32. The molecule has 0 aliphatic carbocycles. The molecule has 136 valence electrons. The molecular formula is C19H20ClN3O3. The number of para-hydroxylation sites is 1. The molecule has 6 nitrogen and oxygen atoms in total. The highest BCUT2D eigenvalue weighted by Gasteiger charge is 2.12. The Balaban J connectivity index is 1.96. The molecule has 0 heterocycles. The van der Waals surface area contributed by atoms with E-state index in [0.717, 1.165) is 17.7 Å². The number of nitrogens with one attached hydrogen (secondary N) is 2. The second-order valence-electron chi connectivity index (χ2n) is 5.69. The first-order valence-corrected chi connectivity index (χ1v) is 8.48. The van der Waals surface area contributed by atoms with Crippen molar-refractivity contribution < 1.29 is 14.7 Å². The van der Waals surface area contributed by atoms with Crippen LogP contribution in [0.3, 0.4) is 0 Å². The van der Waals surface area contributed by atoms with Crippen molar-refractivity contribution in [3.05, 3.63) is 58.6 Å². The molecule has 0 radical (unpaired) electrons. The van der Waals surface area contributed by atoms with E-state index in [0.29, 0.717) is 10.7 Å². The molecule has 0 bridgehead atoms. The molecule has 7 heteroatoms. The van der Waals surface area contributed by atoms with Crippen molar-refractivity contribution in [2.24, 2.45) is 5.10 Å². The van der Waals surface area contributed by atoms with Crippen LogP contribution in [0.25, 0.3) is 0 Å². The Morgan fingerprint density at radius 1 is 1.19 bits per heavy atom. The van der Waals surface area contributed by atoms with E-state index in [9.17, 15) is 14.7 Å². The fourth-order valence-corrected chi connectivity index (χ4v) is 2.49. The van der Waals surface area contributed by atoms with Crippen LogP contribution in [0.4, 0.5) is 5.69 Å². The molecular weight excluding hydrogens is 354 g/mol. The van der Waals surface area contributed by atoms with Crippen LogP contribution in [0.1, 0.15) is 36.2 Å². The average Bonchev–Trinajstić information content (AvgIpc) is 2.62. The molecule has 0 aliphatic rings. The van der Waals surface area contributed by atoms with Crippen LogP contribution in [0, 0.1) is 0 Å². The van der Waals surface area contributed by atoms with Gasteiger partial charge < -0.3 is 10.4 Å². The van der Waals surface area contributed by atoms with Gasteiger partial charge in [0.25, 0.3) is 5.91 Å². The summed E-state index contributed by atoms with van der Waals surface area (Å²) >= 11 is 5.81. The van der Waals surface area contributed by atoms with Gasteiger partial charge in [-0.1, -0.05) is 36.7 Å². The molecule has 0 spiro atoms. The van der Waals surface area contributed by atoms with Gasteiger partial charge in [0.1, 0.15) is 5.75 Å². The quantitative estimate of drug-likeness (QED) is 0.532. The Bertz CT molecular complexity index is 850. The van der Waals surface area contributed by atoms with Crippen LogP contribution in [0.2, 0.25) is 5.02 Å². The fourth-order valence-electron chi connectivity index (χ4n) is 2.31. The summed E-state index contributed by atoms with van der Waals surface area (Å²) in [6, 6.07) is 11.7. The number of carbonyl (C=O) groups is 2. The largest absolute Gasteiger partial charge is 0.507 e. The number of phenolic OH excluding ortho intramolecular Hbond substituents is 1. The highest BCUT2D eigenvalue weighted by atomic mass is 35.5. The standard InChI is InChI=1S/C19H20ClN3O3/c1-3-13-6-4-5-7-16(13)21-18(25)10-12(2)22-23-19(26)15-11-14(20)8-9-17(15)24/h4-9,11,24H,3,10H2,1-2H3,(H,21,25)(H,23,26)/b22-12-. The fraction of sp³-hybridized carbons (Fsp3) is 0.211. The van der Waals surface area contributed by atoms with E-state index in [2.05, 4.69) is 15.8 Å². The van der Waals surface area contributed by atoms with Crippen molar-refractivity contribution in [3.8, 4) is 5.75 Å². The number of phenols is 1. The number of nitrogens with zero attached hydrogens (tertiary/aromatic N) is 1. The summed E-state index contributed by atoms with van der Waals surface area (Å²) < 4.78 is 0. The van der Waals surface area contributed by atoms with Crippen molar-refractivity contribution in [1.82, 2.24) is 5.43 Å². The van der Waals surface area contributed by atoms with Gasteiger partial charge in [0.2, 0.25) is 5.91 Å². The first kappa shape index (κ1) is 19.5. The first-order chi connectivity index (χ1) is 12.4. The topological polar surface area (TPSA) is 90.8 Å². The lowest BCUT2D eigenvalue weighted by molar-refractivity contribution is -0.115. The van der Waals surface area contributed by atoms with E-state index < -0.39 is 5.91 Å². The lowest BCUT2D eigenvalue weighted by atomic mass is 10.1. The number of rotatable bonds is 6. The van der Waals surface area contributed by atoms with E-state index in [1.165, 1.54) is 18.2 Å². The second kappa shape index (κ2) is 9.01. The van der Waals surface area contributed by atoms with Crippen LogP contribution in [0.15, 0.2) is 47.6 Å². The molecule has 0 unspecified atom stereocenters. The summed E-state index contributed by atoms with van der Waals surface area (Å²) in [6.07, 6.45) is 0.836. The zero-order valence-corrected chi connectivity index (χ0v) is 15.3. The number of halogens is 1. The lowest BCUT2D eigenvalue weighted by Crippen LogP contribution is -2.21. The number of hydrazone groups is 1. The number of hydrogen-bond acceptors (Lipinski definition) is 4. The third-order valence-electron chi connectivity index (χ3n) is 3.64. The average molecular weight is 374 g/mol.